The van der Waals surface area contributed by atoms with Crippen molar-refractivity contribution in [3.8, 4) is 0 Å². The van der Waals surface area contributed by atoms with Crippen LogP contribution in [0.1, 0.15) is 63.1 Å². The molecule has 3 rings (SSSR count). The standard InChI is InChI=1S/C15H25N3/c1-2-4-8-14(7-3-1)17-12-13-6-5-10-18-11-9-16-15(13)18/h9,11,13-14,17H,1-8,10,12H2. The predicted octanol–water partition coefficient (Wildman–Crippen LogP) is 3.07. The first kappa shape index (κ1) is 12.2. The topological polar surface area (TPSA) is 29.9 Å². The quantitative estimate of drug-likeness (QED) is 0.832. The van der Waals surface area contributed by atoms with Crippen molar-refractivity contribution in [2.24, 2.45) is 0 Å². The molecular weight excluding hydrogens is 222 g/mol. The molecule has 0 saturated heterocycles. The average Bonchev–Trinajstić information content (AvgIpc) is 2.73. The van der Waals surface area contributed by atoms with Crippen molar-refractivity contribution in [3.05, 3.63) is 18.2 Å². The Hall–Kier alpha value is -0.830. The first-order chi connectivity index (χ1) is 8.93. The van der Waals surface area contributed by atoms with Gasteiger partial charge >= 0.3 is 0 Å². The monoisotopic (exact) mass is 247 g/mol. The molecule has 1 aliphatic heterocycles. The van der Waals surface area contributed by atoms with E-state index in [1.807, 2.05) is 6.20 Å². The summed E-state index contributed by atoms with van der Waals surface area (Å²) in [5.41, 5.74) is 0. The molecule has 1 aliphatic carbocycles. The number of nitrogens with zero attached hydrogens (tertiary/aromatic N) is 2. The Kier molecular flexibility index (Phi) is 3.99. The van der Waals surface area contributed by atoms with Crippen molar-refractivity contribution in [3.63, 3.8) is 0 Å². The van der Waals surface area contributed by atoms with E-state index < -0.39 is 0 Å². The number of aromatic nitrogens is 2. The fraction of sp³-hybridized carbons (Fsp3) is 0.800. The molecule has 1 aromatic rings. The van der Waals surface area contributed by atoms with Crippen LogP contribution in [0.15, 0.2) is 12.4 Å². The van der Waals surface area contributed by atoms with Crippen molar-refractivity contribution in [1.82, 2.24) is 14.9 Å². The first-order valence-corrected chi connectivity index (χ1v) is 7.68. The van der Waals surface area contributed by atoms with Crippen LogP contribution < -0.4 is 5.32 Å². The van der Waals surface area contributed by atoms with E-state index in [0.29, 0.717) is 5.92 Å². The van der Waals surface area contributed by atoms with E-state index >= 15 is 0 Å². The van der Waals surface area contributed by atoms with Crippen molar-refractivity contribution in [1.29, 1.82) is 0 Å². The zero-order valence-electron chi connectivity index (χ0n) is 11.3. The van der Waals surface area contributed by atoms with Gasteiger partial charge in [-0.1, -0.05) is 25.7 Å². The van der Waals surface area contributed by atoms with Crippen LogP contribution >= 0.6 is 0 Å². The van der Waals surface area contributed by atoms with Gasteiger partial charge in [0.25, 0.3) is 0 Å². The van der Waals surface area contributed by atoms with Crippen molar-refractivity contribution >= 4 is 0 Å². The summed E-state index contributed by atoms with van der Waals surface area (Å²) in [5, 5.41) is 3.81. The van der Waals surface area contributed by atoms with E-state index in [4.69, 9.17) is 0 Å². The smallest absolute Gasteiger partial charge is 0.113 e. The van der Waals surface area contributed by atoms with E-state index in [1.54, 1.807) is 0 Å². The van der Waals surface area contributed by atoms with E-state index in [2.05, 4.69) is 21.1 Å². The molecule has 1 fully saturated rings. The second-order valence-electron chi connectivity index (χ2n) is 5.91. The Morgan fingerprint density at radius 3 is 2.78 bits per heavy atom. The molecule has 0 amide bonds. The lowest BCUT2D eigenvalue weighted by Crippen LogP contribution is -2.34. The van der Waals surface area contributed by atoms with E-state index in [0.717, 1.165) is 19.1 Å². The summed E-state index contributed by atoms with van der Waals surface area (Å²) < 4.78 is 2.34. The highest BCUT2D eigenvalue weighted by Gasteiger charge is 2.22. The number of aryl methyl sites for hydroxylation is 1. The highest BCUT2D eigenvalue weighted by atomic mass is 15.1. The summed E-state index contributed by atoms with van der Waals surface area (Å²) in [6, 6.07) is 0.762. The average molecular weight is 247 g/mol. The van der Waals surface area contributed by atoms with Gasteiger partial charge in [-0.15, -0.1) is 0 Å². The number of hydrogen-bond acceptors (Lipinski definition) is 2. The van der Waals surface area contributed by atoms with Crippen LogP contribution in [-0.4, -0.2) is 22.1 Å². The molecule has 0 aromatic carbocycles. The van der Waals surface area contributed by atoms with Crippen molar-refractivity contribution in [2.45, 2.75) is 69.9 Å². The summed E-state index contributed by atoms with van der Waals surface area (Å²) >= 11 is 0. The minimum atomic E-state index is 0.636. The highest BCUT2D eigenvalue weighted by Crippen LogP contribution is 2.25. The van der Waals surface area contributed by atoms with Crippen LogP contribution in [0.5, 0.6) is 0 Å². The molecule has 18 heavy (non-hydrogen) atoms. The van der Waals surface area contributed by atoms with Gasteiger partial charge in [-0.3, -0.25) is 0 Å². The molecule has 3 nitrogen and oxygen atoms in total. The molecule has 0 radical (unpaired) electrons. The van der Waals surface area contributed by atoms with Gasteiger partial charge in [0.2, 0.25) is 0 Å². The fourth-order valence-electron chi connectivity index (χ4n) is 3.49. The Bertz CT molecular complexity index is 364. The van der Waals surface area contributed by atoms with E-state index in [-0.39, 0.29) is 0 Å². The molecule has 100 valence electrons. The number of fused-ring (bicyclic) bond motifs is 1. The Balaban J connectivity index is 1.54. The number of imidazole rings is 1. The fourth-order valence-corrected chi connectivity index (χ4v) is 3.49. The minimum absolute atomic E-state index is 0.636. The van der Waals surface area contributed by atoms with Gasteiger partial charge in [-0.05, 0) is 25.7 Å². The third kappa shape index (κ3) is 2.77. The normalized spacial score (nSPS) is 25.7. The summed E-state index contributed by atoms with van der Waals surface area (Å²) in [6.45, 7) is 2.29. The number of hydrogen-bond donors (Lipinski definition) is 1. The lowest BCUT2D eigenvalue weighted by Gasteiger charge is -2.26. The third-order valence-electron chi connectivity index (χ3n) is 4.57. The molecule has 2 aliphatic rings. The Labute approximate surface area is 110 Å². The zero-order valence-corrected chi connectivity index (χ0v) is 11.3. The van der Waals surface area contributed by atoms with Gasteiger partial charge in [-0.2, -0.15) is 0 Å². The maximum atomic E-state index is 4.54. The Morgan fingerprint density at radius 2 is 1.94 bits per heavy atom. The van der Waals surface area contributed by atoms with Crippen LogP contribution in [-0.2, 0) is 6.54 Å². The summed E-state index contributed by atoms with van der Waals surface area (Å²) in [7, 11) is 0. The summed E-state index contributed by atoms with van der Waals surface area (Å²) in [4.78, 5) is 4.54. The summed E-state index contributed by atoms with van der Waals surface area (Å²) in [6.07, 6.45) is 15.2. The SMILES string of the molecule is c1cn2c(n1)C(CNC1CCCCCC1)CCC2. The molecular formula is C15H25N3. The lowest BCUT2D eigenvalue weighted by atomic mass is 9.98. The molecule has 3 heteroatoms. The minimum Gasteiger partial charge on any atom is -0.335 e. The van der Waals surface area contributed by atoms with Gasteiger partial charge < -0.3 is 9.88 Å². The second kappa shape index (κ2) is 5.87. The second-order valence-corrected chi connectivity index (χ2v) is 5.91. The molecule has 1 atom stereocenters. The number of nitrogens with one attached hydrogen (secondary N) is 1. The van der Waals surface area contributed by atoms with Gasteiger partial charge in [0.05, 0.1) is 0 Å². The van der Waals surface area contributed by atoms with E-state index in [9.17, 15) is 0 Å². The molecule has 1 saturated carbocycles. The Morgan fingerprint density at radius 1 is 1.11 bits per heavy atom. The third-order valence-corrected chi connectivity index (χ3v) is 4.57. The lowest BCUT2D eigenvalue weighted by molar-refractivity contribution is 0.384. The zero-order chi connectivity index (χ0) is 12.2. The van der Waals surface area contributed by atoms with Crippen LogP contribution in [0.2, 0.25) is 0 Å². The molecule has 1 N–H and O–H groups in total. The largest absolute Gasteiger partial charge is 0.335 e. The van der Waals surface area contributed by atoms with Crippen molar-refractivity contribution < 1.29 is 0 Å². The van der Waals surface area contributed by atoms with Gasteiger partial charge in [0.1, 0.15) is 5.82 Å². The van der Waals surface area contributed by atoms with Crippen molar-refractivity contribution in [2.75, 3.05) is 6.54 Å². The highest BCUT2D eigenvalue weighted by molar-refractivity contribution is 5.04. The predicted molar refractivity (Wildman–Crippen MR) is 73.7 cm³/mol. The van der Waals surface area contributed by atoms with Crippen LogP contribution in [0.25, 0.3) is 0 Å². The van der Waals surface area contributed by atoms with Crippen LogP contribution in [0, 0.1) is 0 Å². The molecule has 2 heterocycles. The van der Waals surface area contributed by atoms with Gasteiger partial charge in [0.15, 0.2) is 0 Å². The summed E-state index contributed by atoms with van der Waals surface area (Å²) in [5.74, 6) is 1.94. The first-order valence-electron chi connectivity index (χ1n) is 7.68. The molecule has 1 aromatic heterocycles. The van der Waals surface area contributed by atoms with Crippen LogP contribution in [0.3, 0.4) is 0 Å². The number of rotatable bonds is 3. The van der Waals surface area contributed by atoms with Crippen LogP contribution in [0.4, 0.5) is 0 Å². The van der Waals surface area contributed by atoms with Gasteiger partial charge in [-0.25, -0.2) is 4.98 Å². The molecule has 0 bridgehead atoms. The molecule has 0 spiro atoms. The van der Waals surface area contributed by atoms with E-state index in [1.165, 1.54) is 57.2 Å². The maximum Gasteiger partial charge on any atom is 0.113 e. The molecule has 1 unspecified atom stereocenters. The maximum absolute atomic E-state index is 4.54. The van der Waals surface area contributed by atoms with Gasteiger partial charge in [0, 0.05) is 37.4 Å².